The Morgan fingerprint density at radius 2 is 0.517 bits per heavy atom. The fourth-order valence-electron chi connectivity index (χ4n) is 22.4. The summed E-state index contributed by atoms with van der Waals surface area (Å²) >= 11 is 0. The number of carboxylic acids is 4. The van der Waals surface area contributed by atoms with Crippen molar-refractivity contribution in [3.63, 3.8) is 0 Å². The summed E-state index contributed by atoms with van der Waals surface area (Å²) in [7, 11) is 0. The second-order valence-electron chi connectivity index (χ2n) is 34.1. The standard InChI is InChI=1S/4C20H30O2.Pb/c4*1-13(2)14-6-8-16-15(12-14)7-9-17-19(16,3)10-5-11-20(17,4)18(21)22;/h4*7,12-13,16-17H,5-6,8-11H2,1-4H3,(H,21,22);/q;;;;+4/p-4/t4*16-,17+,19+,20+;/m0000./s1. The van der Waals surface area contributed by atoms with Gasteiger partial charge < -0.3 is 39.6 Å². The van der Waals surface area contributed by atoms with Gasteiger partial charge in [0.05, 0.1) is 0 Å². The Kier molecular flexibility index (Phi) is 21.6. The number of carbonyl (C=O) groups excluding carboxylic acids is 4. The zero-order valence-corrected chi connectivity index (χ0v) is 62.2. The molecule has 0 aromatic carbocycles. The van der Waals surface area contributed by atoms with Crippen molar-refractivity contribution >= 4 is 51.2 Å². The van der Waals surface area contributed by atoms with E-state index in [0.29, 0.717) is 47.3 Å². The number of fused-ring (bicyclic) bond motifs is 12. The molecule has 0 saturated heterocycles. The second-order valence-corrected chi connectivity index (χ2v) is 34.1. The SMILES string of the molecule is CC(C)C1=CC2=CC[C@@H]3[C@](C)(CCC[C@@]3(C)C(=O)[O-])[C@H]2CC1.CC(C)C1=CC2=CC[C@@H]3[C@](C)(CCC[C@@]3(C)C(=O)[O-])[C@H]2CC1.CC(C)C1=CC2=CC[C@@H]3[C@](C)(CCC[C@@]3(C)C(=O)[O-])[C@H]2CC1.CC(C)C1=CC2=CC[C@@H]3[C@](C)(CCC[C@@]3(C)C(=O)[O-])[C@H]2CC1.[Pb+4]. The molecule has 9 heteroatoms. The topological polar surface area (TPSA) is 161 Å². The van der Waals surface area contributed by atoms with Crippen LogP contribution in [-0.4, -0.2) is 51.2 Å². The van der Waals surface area contributed by atoms with Crippen molar-refractivity contribution in [2.75, 3.05) is 0 Å². The molecule has 12 rings (SSSR count). The molecule has 4 fully saturated rings. The Hall–Kier alpha value is -3.28. The summed E-state index contributed by atoms with van der Waals surface area (Å²) in [6.45, 7) is 35.3. The van der Waals surface area contributed by atoms with Crippen molar-refractivity contribution < 1.29 is 39.6 Å². The van der Waals surface area contributed by atoms with Gasteiger partial charge in [-0.25, -0.2) is 0 Å². The number of aliphatic carboxylic acids is 4. The summed E-state index contributed by atoms with van der Waals surface area (Å²) in [5.74, 6) is 2.15. The fraction of sp³-hybridized carbons (Fsp3) is 0.750. The zero-order valence-electron chi connectivity index (χ0n) is 58.3. The van der Waals surface area contributed by atoms with Crippen LogP contribution in [0.1, 0.15) is 265 Å². The molecule has 16 atom stereocenters. The molecule has 0 aromatic heterocycles. The monoisotopic (exact) mass is 1410 g/mol. The van der Waals surface area contributed by atoms with E-state index in [9.17, 15) is 39.6 Å². The Morgan fingerprint density at radius 1 is 0.337 bits per heavy atom. The molecule has 4 saturated carbocycles. The molecule has 12 aliphatic carbocycles. The van der Waals surface area contributed by atoms with Crippen LogP contribution in [0, 0.1) is 114 Å². The Morgan fingerprint density at radius 3 is 0.674 bits per heavy atom. The van der Waals surface area contributed by atoms with Crippen LogP contribution in [0.3, 0.4) is 0 Å². The molecular formula is C80H116O8Pb. The predicted molar refractivity (Wildman–Crippen MR) is 353 cm³/mol. The molecular weight excluding hydrogens is 1300 g/mol. The van der Waals surface area contributed by atoms with Crippen molar-refractivity contribution in [3.8, 4) is 0 Å². The molecule has 0 spiro atoms. The van der Waals surface area contributed by atoms with E-state index in [1.54, 1.807) is 22.3 Å². The second kappa shape index (κ2) is 26.8. The van der Waals surface area contributed by atoms with Crippen molar-refractivity contribution in [1.82, 2.24) is 0 Å². The van der Waals surface area contributed by atoms with Crippen molar-refractivity contribution in [1.29, 1.82) is 0 Å². The van der Waals surface area contributed by atoms with Crippen LogP contribution in [0.15, 0.2) is 93.2 Å². The molecule has 0 amide bonds. The molecule has 0 aliphatic heterocycles. The fourth-order valence-corrected chi connectivity index (χ4v) is 22.4. The zero-order chi connectivity index (χ0) is 64.5. The van der Waals surface area contributed by atoms with Gasteiger partial charge in [-0.15, -0.1) is 0 Å². The van der Waals surface area contributed by atoms with Crippen LogP contribution in [0.4, 0.5) is 0 Å². The van der Waals surface area contributed by atoms with Crippen LogP contribution < -0.4 is 20.4 Å². The maximum Gasteiger partial charge on any atom is 4.00 e. The van der Waals surface area contributed by atoms with Crippen molar-refractivity contribution in [2.24, 2.45) is 114 Å². The molecule has 0 unspecified atom stereocenters. The first-order valence-electron chi connectivity index (χ1n) is 35.6. The van der Waals surface area contributed by atoms with Gasteiger partial charge in [-0.2, -0.15) is 0 Å². The van der Waals surface area contributed by atoms with Gasteiger partial charge in [0.25, 0.3) is 0 Å². The number of rotatable bonds is 8. The third kappa shape index (κ3) is 12.8. The summed E-state index contributed by atoms with van der Waals surface area (Å²) < 4.78 is 0. The first-order chi connectivity index (χ1) is 41.1. The van der Waals surface area contributed by atoms with E-state index < -0.39 is 45.5 Å². The number of carbonyl (C=O) groups is 4. The quantitative estimate of drug-likeness (QED) is 0.217. The van der Waals surface area contributed by atoms with Crippen LogP contribution in [0.5, 0.6) is 0 Å². The minimum Gasteiger partial charge on any atom is -0.550 e. The molecule has 0 bridgehead atoms. The van der Waals surface area contributed by atoms with E-state index in [-0.39, 0.29) is 72.6 Å². The average molecular weight is 1410 g/mol. The number of carboxylic acid groups (broad SMARTS) is 4. The summed E-state index contributed by atoms with van der Waals surface area (Å²) in [6.07, 6.45) is 43.9. The Balaban J connectivity index is 0.000000153. The third-order valence-electron chi connectivity index (χ3n) is 28.2. The maximum absolute atomic E-state index is 11.8. The third-order valence-corrected chi connectivity index (χ3v) is 28.2. The normalized spacial score (nSPS) is 40.9. The first kappa shape index (κ1) is 71.6. The van der Waals surface area contributed by atoms with Crippen LogP contribution in [0.2, 0.25) is 0 Å². The van der Waals surface area contributed by atoms with Crippen LogP contribution in [0.25, 0.3) is 0 Å². The van der Waals surface area contributed by atoms with Crippen LogP contribution >= 0.6 is 0 Å². The van der Waals surface area contributed by atoms with Gasteiger partial charge in [0.1, 0.15) is 0 Å². The van der Waals surface area contributed by atoms with Crippen LogP contribution in [-0.2, 0) is 19.2 Å². The minimum atomic E-state index is -0.838. The summed E-state index contributed by atoms with van der Waals surface area (Å²) in [5, 5.41) is 47.3. The Labute approximate surface area is 559 Å². The van der Waals surface area contributed by atoms with E-state index in [1.165, 1.54) is 73.7 Å². The summed E-state index contributed by atoms with van der Waals surface area (Å²) in [4.78, 5) is 47.3. The molecule has 0 N–H and O–H groups in total. The molecule has 0 radical (unpaired) electrons. The number of allylic oxidation sites excluding steroid dienone is 16. The minimum absolute atomic E-state index is 0. The van der Waals surface area contributed by atoms with Crippen molar-refractivity contribution in [2.45, 2.75) is 265 Å². The van der Waals surface area contributed by atoms with Gasteiger partial charge in [0, 0.05) is 45.5 Å². The van der Waals surface area contributed by atoms with Gasteiger partial charge in [-0.3, -0.25) is 0 Å². The van der Waals surface area contributed by atoms with E-state index >= 15 is 0 Å². The maximum atomic E-state index is 11.8. The van der Waals surface area contributed by atoms with Gasteiger partial charge in [-0.05, 0) is 243 Å². The van der Waals surface area contributed by atoms with Gasteiger partial charge in [0.2, 0.25) is 0 Å². The van der Waals surface area contributed by atoms with Crippen molar-refractivity contribution in [3.05, 3.63) is 93.2 Å². The molecule has 12 aliphatic rings. The molecule has 0 aromatic rings. The smallest absolute Gasteiger partial charge is 0.550 e. The van der Waals surface area contributed by atoms with Gasteiger partial charge in [-0.1, -0.05) is 207 Å². The van der Waals surface area contributed by atoms with E-state index in [1.807, 2.05) is 27.7 Å². The molecule has 89 heavy (non-hydrogen) atoms. The Bertz CT molecular complexity index is 2570. The van der Waals surface area contributed by atoms with Gasteiger partial charge in [0.15, 0.2) is 0 Å². The van der Waals surface area contributed by atoms with E-state index in [4.69, 9.17) is 0 Å². The average Bonchev–Trinajstić information content (AvgIpc) is 1.00. The molecule has 488 valence electrons. The summed E-state index contributed by atoms with van der Waals surface area (Å²) in [6, 6.07) is 0. The largest absolute Gasteiger partial charge is 4.00 e. The molecule has 8 nitrogen and oxygen atoms in total. The number of hydrogen-bond acceptors (Lipinski definition) is 8. The van der Waals surface area contributed by atoms with E-state index in [0.717, 1.165) is 103 Å². The van der Waals surface area contributed by atoms with Gasteiger partial charge >= 0.3 is 27.3 Å². The number of hydrogen-bond donors (Lipinski definition) is 0. The predicted octanol–water partition coefficient (Wildman–Crippen LogP) is 15.1. The summed E-state index contributed by atoms with van der Waals surface area (Å²) in [5.41, 5.74) is 10.0. The van der Waals surface area contributed by atoms with E-state index in [2.05, 4.69) is 132 Å². The first-order valence-corrected chi connectivity index (χ1v) is 35.6. The molecule has 0 heterocycles.